The van der Waals surface area contributed by atoms with E-state index in [0.717, 1.165) is 18.4 Å². The van der Waals surface area contributed by atoms with Gasteiger partial charge in [0.25, 0.3) is 0 Å². The molecule has 1 aliphatic heterocycles. The van der Waals surface area contributed by atoms with Crippen molar-refractivity contribution in [2.75, 3.05) is 20.2 Å². The number of aryl methyl sites for hydroxylation is 1. The summed E-state index contributed by atoms with van der Waals surface area (Å²) >= 11 is 0. The van der Waals surface area contributed by atoms with Crippen molar-refractivity contribution >= 4 is 22.4 Å². The number of methoxy groups -OCH3 is 1. The Kier molecular flexibility index (Phi) is 5.82. The van der Waals surface area contributed by atoms with Crippen LogP contribution in [0, 0.1) is 6.92 Å². The summed E-state index contributed by atoms with van der Waals surface area (Å²) in [4.78, 5) is 0.232. The van der Waals surface area contributed by atoms with Crippen molar-refractivity contribution in [3.05, 3.63) is 23.8 Å². The van der Waals surface area contributed by atoms with Gasteiger partial charge < -0.3 is 10.5 Å². The van der Waals surface area contributed by atoms with Crippen molar-refractivity contribution < 1.29 is 13.2 Å². The van der Waals surface area contributed by atoms with Gasteiger partial charge >= 0.3 is 0 Å². The second-order valence-electron chi connectivity index (χ2n) is 4.80. The minimum absolute atomic E-state index is 0. The van der Waals surface area contributed by atoms with Crippen molar-refractivity contribution in [1.82, 2.24) is 4.31 Å². The molecule has 5 nitrogen and oxygen atoms in total. The summed E-state index contributed by atoms with van der Waals surface area (Å²) < 4.78 is 32.1. The summed E-state index contributed by atoms with van der Waals surface area (Å²) in [5.74, 6) is 0.383. The zero-order valence-corrected chi connectivity index (χ0v) is 13.3. The summed E-state index contributed by atoms with van der Waals surface area (Å²) in [7, 11) is -2.06. The fraction of sp³-hybridized carbons (Fsp3) is 0.538. The van der Waals surface area contributed by atoms with E-state index in [0.29, 0.717) is 18.8 Å². The van der Waals surface area contributed by atoms with Crippen LogP contribution in [0.4, 0.5) is 0 Å². The van der Waals surface area contributed by atoms with Gasteiger partial charge in [-0.1, -0.05) is 6.07 Å². The largest absolute Gasteiger partial charge is 0.495 e. The van der Waals surface area contributed by atoms with E-state index in [1.165, 1.54) is 11.4 Å². The highest BCUT2D eigenvalue weighted by molar-refractivity contribution is 7.89. The zero-order valence-electron chi connectivity index (χ0n) is 11.7. The lowest BCUT2D eigenvalue weighted by Crippen LogP contribution is -2.40. The monoisotopic (exact) mass is 320 g/mol. The highest BCUT2D eigenvalue weighted by Crippen LogP contribution is 2.31. The van der Waals surface area contributed by atoms with Crippen LogP contribution < -0.4 is 10.5 Å². The van der Waals surface area contributed by atoms with Crippen LogP contribution in [-0.4, -0.2) is 39.0 Å². The molecule has 1 saturated heterocycles. The number of nitrogens with zero attached hydrogens (tertiary/aromatic N) is 1. The Morgan fingerprint density at radius 2 is 2.15 bits per heavy atom. The van der Waals surface area contributed by atoms with Crippen LogP contribution in [0.2, 0.25) is 0 Å². The Hall–Kier alpha value is -0.820. The topological polar surface area (TPSA) is 72.6 Å². The van der Waals surface area contributed by atoms with Crippen LogP contribution in [0.3, 0.4) is 0 Å². The van der Waals surface area contributed by atoms with Gasteiger partial charge in [-0.2, -0.15) is 4.31 Å². The minimum atomic E-state index is -3.54. The van der Waals surface area contributed by atoms with Crippen molar-refractivity contribution in [1.29, 1.82) is 0 Å². The van der Waals surface area contributed by atoms with Crippen molar-refractivity contribution in [3.63, 3.8) is 0 Å². The number of hydrogen-bond donors (Lipinski definition) is 1. The van der Waals surface area contributed by atoms with Gasteiger partial charge in [0.05, 0.1) is 7.11 Å². The van der Waals surface area contributed by atoms with E-state index >= 15 is 0 Å². The smallest absolute Gasteiger partial charge is 0.247 e. The molecule has 20 heavy (non-hydrogen) atoms. The minimum Gasteiger partial charge on any atom is -0.495 e. The average Bonchev–Trinajstić information content (AvgIpc) is 2.87. The van der Waals surface area contributed by atoms with Gasteiger partial charge in [-0.25, -0.2) is 8.42 Å². The molecule has 0 saturated carbocycles. The first-order valence-corrected chi connectivity index (χ1v) is 7.81. The third-order valence-corrected chi connectivity index (χ3v) is 5.47. The normalized spacial score (nSPS) is 19.6. The van der Waals surface area contributed by atoms with Crippen molar-refractivity contribution in [3.8, 4) is 5.75 Å². The molecule has 0 radical (unpaired) electrons. The fourth-order valence-electron chi connectivity index (χ4n) is 2.47. The molecule has 0 aromatic heterocycles. The lowest BCUT2D eigenvalue weighted by molar-refractivity contribution is 0.379. The number of ether oxygens (including phenoxy) is 1. The first kappa shape index (κ1) is 17.2. The number of nitrogens with two attached hydrogens (primary N) is 1. The van der Waals surface area contributed by atoms with Crippen LogP contribution in [0.1, 0.15) is 18.4 Å². The Labute approximate surface area is 126 Å². The van der Waals surface area contributed by atoms with Crippen LogP contribution in [0.25, 0.3) is 0 Å². The molecule has 2 N–H and O–H groups in total. The summed E-state index contributed by atoms with van der Waals surface area (Å²) in [5, 5.41) is 0. The molecule has 0 aliphatic carbocycles. The lowest BCUT2D eigenvalue weighted by Gasteiger charge is -2.24. The molecule has 1 fully saturated rings. The third-order valence-electron chi connectivity index (χ3n) is 3.50. The first-order chi connectivity index (χ1) is 9.00. The Bertz CT molecular complexity index is 563. The second-order valence-corrected chi connectivity index (χ2v) is 6.66. The highest BCUT2D eigenvalue weighted by Gasteiger charge is 2.36. The maximum atomic E-state index is 12.7. The number of rotatable bonds is 4. The van der Waals surface area contributed by atoms with Crippen LogP contribution in [0.5, 0.6) is 5.75 Å². The summed E-state index contributed by atoms with van der Waals surface area (Å²) in [6.07, 6.45) is 1.68. The maximum absolute atomic E-state index is 12.7. The first-order valence-electron chi connectivity index (χ1n) is 6.37. The van der Waals surface area contributed by atoms with Crippen molar-refractivity contribution in [2.45, 2.75) is 30.7 Å². The van der Waals surface area contributed by atoms with Crippen molar-refractivity contribution in [2.24, 2.45) is 5.73 Å². The van der Waals surface area contributed by atoms with Crippen LogP contribution in [-0.2, 0) is 10.0 Å². The van der Waals surface area contributed by atoms with Gasteiger partial charge in [-0.05, 0) is 37.5 Å². The molecule has 1 unspecified atom stereocenters. The molecule has 7 heteroatoms. The fourth-order valence-corrected chi connectivity index (χ4v) is 4.42. The predicted octanol–water partition coefficient (Wildman–Crippen LogP) is 1.54. The molecule has 2 rings (SSSR count). The molecular formula is C13H21ClN2O3S. The molecule has 1 atom stereocenters. The van der Waals surface area contributed by atoms with Gasteiger partial charge in [-0.3, -0.25) is 0 Å². The molecular weight excluding hydrogens is 300 g/mol. The molecule has 0 spiro atoms. The van der Waals surface area contributed by atoms with E-state index in [1.807, 2.05) is 13.0 Å². The Balaban J connectivity index is 0.00000200. The molecule has 1 aliphatic rings. The van der Waals surface area contributed by atoms with Gasteiger partial charge in [-0.15, -0.1) is 12.4 Å². The van der Waals surface area contributed by atoms with E-state index in [9.17, 15) is 8.42 Å². The van der Waals surface area contributed by atoms with Gasteiger partial charge in [0.1, 0.15) is 10.6 Å². The van der Waals surface area contributed by atoms with Gasteiger partial charge in [0.15, 0.2) is 0 Å². The van der Waals surface area contributed by atoms with E-state index in [-0.39, 0.29) is 23.3 Å². The van der Waals surface area contributed by atoms with Crippen LogP contribution in [0.15, 0.2) is 23.1 Å². The lowest BCUT2D eigenvalue weighted by atomic mass is 10.2. The second kappa shape index (κ2) is 6.76. The summed E-state index contributed by atoms with van der Waals surface area (Å²) in [5.41, 5.74) is 6.55. The molecule has 1 heterocycles. The van der Waals surface area contributed by atoms with E-state index in [2.05, 4.69) is 0 Å². The summed E-state index contributed by atoms with van der Waals surface area (Å²) in [6, 6.07) is 5.08. The SMILES string of the molecule is COc1ccc(C)cc1S(=O)(=O)N1CCCC1CN.Cl. The van der Waals surface area contributed by atoms with E-state index < -0.39 is 10.0 Å². The number of hydrogen-bond acceptors (Lipinski definition) is 4. The number of sulfonamides is 1. The maximum Gasteiger partial charge on any atom is 0.247 e. The molecule has 1 aromatic rings. The van der Waals surface area contributed by atoms with Crippen LogP contribution >= 0.6 is 12.4 Å². The zero-order chi connectivity index (χ0) is 14.0. The number of benzene rings is 1. The standard InChI is InChI=1S/C13H20N2O3S.ClH/c1-10-5-6-12(18-2)13(8-10)19(16,17)15-7-3-4-11(15)9-14;/h5-6,8,11H,3-4,7,9,14H2,1-2H3;1H. The average molecular weight is 321 g/mol. The van der Waals surface area contributed by atoms with Gasteiger partial charge in [0, 0.05) is 19.1 Å². The van der Waals surface area contributed by atoms with E-state index in [4.69, 9.17) is 10.5 Å². The Morgan fingerprint density at radius 3 is 2.75 bits per heavy atom. The van der Waals surface area contributed by atoms with Gasteiger partial charge in [0.2, 0.25) is 10.0 Å². The van der Waals surface area contributed by atoms with E-state index in [1.54, 1.807) is 12.1 Å². The molecule has 1 aromatic carbocycles. The highest BCUT2D eigenvalue weighted by atomic mass is 35.5. The Morgan fingerprint density at radius 1 is 1.45 bits per heavy atom. The third kappa shape index (κ3) is 3.09. The molecule has 0 bridgehead atoms. The number of halogens is 1. The predicted molar refractivity (Wildman–Crippen MR) is 80.9 cm³/mol. The quantitative estimate of drug-likeness (QED) is 0.913. The molecule has 114 valence electrons. The summed E-state index contributed by atoms with van der Waals surface area (Å²) in [6.45, 7) is 2.75. The molecule has 0 amide bonds.